The van der Waals surface area contributed by atoms with Gasteiger partial charge in [-0.1, -0.05) is 0 Å². The first-order valence-corrected chi connectivity index (χ1v) is 5.95. The van der Waals surface area contributed by atoms with E-state index in [1.54, 1.807) is 0 Å². The summed E-state index contributed by atoms with van der Waals surface area (Å²) in [4.78, 5) is 37.0. The molecular formula is C12H18N2O4. The first-order valence-electron chi connectivity index (χ1n) is 5.95. The Kier molecular flexibility index (Phi) is 2.93. The van der Waals surface area contributed by atoms with Gasteiger partial charge in [0, 0.05) is 26.2 Å². The number of carbonyl (C=O) groups excluding carboxylic acids is 3. The summed E-state index contributed by atoms with van der Waals surface area (Å²) in [6.45, 7) is 5.26. The van der Waals surface area contributed by atoms with Crippen LogP contribution in [0.4, 0.5) is 0 Å². The van der Waals surface area contributed by atoms with Gasteiger partial charge in [-0.3, -0.25) is 9.59 Å². The highest BCUT2D eigenvalue weighted by Crippen LogP contribution is 2.39. The zero-order valence-corrected chi connectivity index (χ0v) is 10.9. The molecule has 0 unspecified atom stereocenters. The van der Waals surface area contributed by atoms with Gasteiger partial charge in [-0.2, -0.15) is 0 Å². The van der Waals surface area contributed by atoms with E-state index in [9.17, 15) is 14.4 Å². The number of hydrogen-bond acceptors (Lipinski definition) is 5. The Morgan fingerprint density at radius 1 is 1.22 bits per heavy atom. The van der Waals surface area contributed by atoms with E-state index in [4.69, 9.17) is 0 Å². The van der Waals surface area contributed by atoms with Crippen LogP contribution in [0.15, 0.2) is 0 Å². The van der Waals surface area contributed by atoms with E-state index in [1.165, 1.54) is 12.0 Å². The van der Waals surface area contributed by atoms with Crippen molar-refractivity contribution in [2.75, 3.05) is 33.3 Å². The number of piperidine rings is 2. The van der Waals surface area contributed by atoms with Gasteiger partial charge >= 0.3 is 11.9 Å². The zero-order chi connectivity index (χ0) is 13.6. The quantitative estimate of drug-likeness (QED) is 0.452. The minimum Gasteiger partial charge on any atom is -0.462 e. The van der Waals surface area contributed by atoms with Crippen LogP contribution < -0.4 is 5.32 Å². The average molecular weight is 254 g/mol. The molecule has 0 saturated carbocycles. The molecule has 2 atom stereocenters. The third-order valence-electron chi connectivity index (χ3n) is 3.85. The van der Waals surface area contributed by atoms with Crippen LogP contribution in [-0.4, -0.2) is 55.8 Å². The minimum atomic E-state index is -0.873. The molecule has 2 heterocycles. The third kappa shape index (κ3) is 1.80. The Bertz CT molecular complexity index is 400. The van der Waals surface area contributed by atoms with E-state index in [0.717, 1.165) is 0 Å². The van der Waals surface area contributed by atoms with E-state index >= 15 is 0 Å². The largest absolute Gasteiger partial charge is 0.462 e. The molecular weight excluding hydrogens is 236 g/mol. The summed E-state index contributed by atoms with van der Waals surface area (Å²) in [6.07, 6.45) is 0. The van der Waals surface area contributed by atoms with Crippen molar-refractivity contribution in [2.45, 2.75) is 13.8 Å². The number of Topliss-reactive ketones (excluding diaryl/α,β-unsaturated/α-hetero) is 1. The van der Waals surface area contributed by atoms with E-state index in [1.807, 2.05) is 13.8 Å². The van der Waals surface area contributed by atoms with Crippen molar-refractivity contribution in [1.29, 1.82) is 0 Å². The van der Waals surface area contributed by atoms with Gasteiger partial charge in [-0.15, -0.1) is 0 Å². The van der Waals surface area contributed by atoms with Crippen LogP contribution in [0, 0.1) is 10.8 Å². The first-order chi connectivity index (χ1) is 8.32. The molecule has 1 amide bonds. The van der Waals surface area contributed by atoms with Crippen molar-refractivity contribution in [3.8, 4) is 0 Å². The molecule has 0 aliphatic carbocycles. The second-order valence-electron chi connectivity index (χ2n) is 5.71. The molecule has 6 heteroatoms. The van der Waals surface area contributed by atoms with E-state index in [2.05, 4.69) is 10.1 Å². The second-order valence-corrected chi connectivity index (χ2v) is 5.71. The number of ether oxygens (including phenoxy) is 1. The summed E-state index contributed by atoms with van der Waals surface area (Å²) >= 11 is 0. The lowest BCUT2D eigenvalue weighted by molar-refractivity contribution is -0.166. The van der Waals surface area contributed by atoms with Crippen molar-refractivity contribution in [2.24, 2.45) is 10.8 Å². The predicted molar refractivity (Wildman–Crippen MR) is 62.7 cm³/mol. The standard InChI is InChI=1S/C12H18N2O4/c1-11-4-13-5-12(2,10(11)17)7-14(6-11)8(15)9(16)18-3/h13H,4-7H2,1-3H3/t11-,12-/m0/s1. The van der Waals surface area contributed by atoms with Crippen LogP contribution >= 0.6 is 0 Å². The van der Waals surface area contributed by atoms with Crippen molar-refractivity contribution >= 4 is 17.7 Å². The lowest BCUT2D eigenvalue weighted by Crippen LogP contribution is -2.68. The van der Waals surface area contributed by atoms with Crippen molar-refractivity contribution in [3.63, 3.8) is 0 Å². The summed E-state index contributed by atoms with van der Waals surface area (Å²) in [7, 11) is 1.18. The number of ketones is 1. The van der Waals surface area contributed by atoms with Gasteiger partial charge in [-0.25, -0.2) is 4.79 Å². The Hall–Kier alpha value is -1.43. The lowest BCUT2D eigenvalue weighted by Gasteiger charge is -2.51. The van der Waals surface area contributed by atoms with Gasteiger partial charge in [0.25, 0.3) is 0 Å². The van der Waals surface area contributed by atoms with Crippen molar-refractivity contribution in [1.82, 2.24) is 10.2 Å². The molecule has 2 bridgehead atoms. The summed E-state index contributed by atoms with van der Waals surface area (Å²) in [5.74, 6) is -1.37. The van der Waals surface area contributed by atoms with Crippen molar-refractivity contribution in [3.05, 3.63) is 0 Å². The molecule has 100 valence electrons. The Balaban J connectivity index is 2.26. The van der Waals surface area contributed by atoms with E-state index in [-0.39, 0.29) is 18.9 Å². The highest BCUT2D eigenvalue weighted by atomic mass is 16.5. The molecule has 0 spiro atoms. The number of rotatable bonds is 0. The molecule has 0 aromatic heterocycles. The Morgan fingerprint density at radius 3 is 2.17 bits per heavy atom. The molecule has 0 aromatic carbocycles. The van der Waals surface area contributed by atoms with Crippen LogP contribution in [-0.2, 0) is 19.1 Å². The van der Waals surface area contributed by atoms with E-state index < -0.39 is 22.7 Å². The van der Waals surface area contributed by atoms with E-state index in [0.29, 0.717) is 13.1 Å². The number of nitrogens with one attached hydrogen (secondary N) is 1. The molecule has 2 saturated heterocycles. The maximum absolute atomic E-state index is 12.4. The Morgan fingerprint density at radius 2 is 1.72 bits per heavy atom. The average Bonchev–Trinajstić information content (AvgIpc) is 2.31. The van der Waals surface area contributed by atoms with Crippen LogP contribution in [0.1, 0.15) is 13.8 Å². The monoisotopic (exact) mass is 254 g/mol. The molecule has 1 N–H and O–H groups in total. The number of amides is 1. The number of esters is 1. The molecule has 18 heavy (non-hydrogen) atoms. The van der Waals surface area contributed by atoms with Crippen LogP contribution in [0.2, 0.25) is 0 Å². The van der Waals surface area contributed by atoms with Gasteiger partial charge in [0.2, 0.25) is 0 Å². The molecule has 6 nitrogen and oxygen atoms in total. The van der Waals surface area contributed by atoms with Gasteiger partial charge < -0.3 is 15.0 Å². The lowest BCUT2D eigenvalue weighted by atomic mass is 9.65. The van der Waals surface area contributed by atoms with Gasteiger partial charge in [0.05, 0.1) is 17.9 Å². The minimum absolute atomic E-state index is 0.169. The predicted octanol–water partition coefficient (Wildman–Crippen LogP) is -0.813. The first kappa shape index (κ1) is 13.0. The fraction of sp³-hybridized carbons (Fsp3) is 0.750. The van der Waals surface area contributed by atoms with Crippen LogP contribution in [0.25, 0.3) is 0 Å². The maximum atomic E-state index is 12.4. The molecule has 2 fully saturated rings. The topological polar surface area (TPSA) is 75.7 Å². The SMILES string of the molecule is COC(=O)C(=O)N1C[C@]2(C)CNC[C@@](C)(C1)C2=O. The molecule has 2 rings (SSSR count). The molecule has 0 aromatic rings. The molecule has 2 aliphatic rings. The fourth-order valence-electron chi connectivity index (χ4n) is 3.02. The normalized spacial score (nSPS) is 35.3. The van der Waals surface area contributed by atoms with Crippen molar-refractivity contribution < 1.29 is 19.1 Å². The second kappa shape index (κ2) is 4.05. The Labute approximate surface area is 106 Å². The van der Waals surface area contributed by atoms with Crippen LogP contribution in [0.3, 0.4) is 0 Å². The number of hydrogen-bond donors (Lipinski definition) is 1. The smallest absolute Gasteiger partial charge is 0.396 e. The van der Waals surface area contributed by atoms with Gasteiger partial charge in [0.1, 0.15) is 0 Å². The zero-order valence-electron chi connectivity index (χ0n) is 10.9. The number of likely N-dealkylation sites (tertiary alicyclic amines) is 1. The van der Waals surface area contributed by atoms with Gasteiger partial charge in [0.15, 0.2) is 5.78 Å². The fourth-order valence-corrected chi connectivity index (χ4v) is 3.02. The number of methoxy groups -OCH3 is 1. The van der Waals surface area contributed by atoms with Crippen LogP contribution in [0.5, 0.6) is 0 Å². The summed E-state index contributed by atoms with van der Waals surface area (Å²) in [6, 6.07) is 0. The van der Waals surface area contributed by atoms with Gasteiger partial charge in [-0.05, 0) is 13.8 Å². The summed E-state index contributed by atoms with van der Waals surface area (Å²) < 4.78 is 4.45. The molecule has 2 aliphatic heterocycles. The number of fused-ring (bicyclic) bond motifs is 2. The highest BCUT2D eigenvalue weighted by molar-refractivity contribution is 6.32. The summed E-state index contributed by atoms with van der Waals surface area (Å²) in [5.41, 5.74) is -1.23. The number of nitrogens with zero attached hydrogens (tertiary/aromatic N) is 1. The molecule has 0 radical (unpaired) electrons. The maximum Gasteiger partial charge on any atom is 0.396 e. The summed E-state index contributed by atoms with van der Waals surface area (Å²) in [5, 5.41) is 3.23. The highest BCUT2D eigenvalue weighted by Gasteiger charge is 2.54. The third-order valence-corrected chi connectivity index (χ3v) is 3.85. The number of carbonyl (C=O) groups is 3.